The molecule has 5 rings (SSSR count). The zero-order valence-corrected chi connectivity index (χ0v) is 21.2. The van der Waals surface area contributed by atoms with Gasteiger partial charge in [0.05, 0.1) is 11.4 Å². The van der Waals surface area contributed by atoms with Gasteiger partial charge in [-0.3, -0.25) is 14.5 Å². The Kier molecular flexibility index (Phi) is 6.26. The highest BCUT2D eigenvalue weighted by Crippen LogP contribution is 2.34. The van der Waals surface area contributed by atoms with Crippen LogP contribution in [0.5, 0.6) is 0 Å². The second-order valence-corrected chi connectivity index (χ2v) is 10.9. The molecule has 36 heavy (non-hydrogen) atoms. The second-order valence-electron chi connectivity index (χ2n) is 10.1. The number of carbonyl (C=O) groups excluding carboxylic acids is 3. The van der Waals surface area contributed by atoms with Gasteiger partial charge >= 0.3 is 6.09 Å². The van der Waals surface area contributed by atoms with Gasteiger partial charge in [0.15, 0.2) is 5.13 Å². The van der Waals surface area contributed by atoms with Crippen LogP contribution in [-0.2, 0) is 16.0 Å². The van der Waals surface area contributed by atoms with Gasteiger partial charge in [-0.2, -0.15) is 0 Å². The van der Waals surface area contributed by atoms with Crippen molar-refractivity contribution in [3.63, 3.8) is 0 Å². The number of amides is 3. The largest absolute Gasteiger partial charge is 0.443 e. The van der Waals surface area contributed by atoms with Crippen molar-refractivity contribution in [2.24, 2.45) is 0 Å². The van der Waals surface area contributed by atoms with E-state index in [9.17, 15) is 14.4 Å². The van der Waals surface area contributed by atoms with E-state index in [1.54, 1.807) is 32.9 Å². The van der Waals surface area contributed by atoms with E-state index in [1.165, 1.54) is 16.2 Å². The molecule has 8 nitrogen and oxygen atoms in total. The summed E-state index contributed by atoms with van der Waals surface area (Å²) in [5.74, 6) is -0.396. The number of fused-ring (bicyclic) bond motifs is 1. The smallest absolute Gasteiger partial charge is 0.415 e. The van der Waals surface area contributed by atoms with Gasteiger partial charge in [0.25, 0.3) is 5.91 Å². The number of thiazole rings is 1. The lowest BCUT2D eigenvalue weighted by Crippen LogP contribution is -2.47. The minimum Gasteiger partial charge on any atom is -0.443 e. The summed E-state index contributed by atoms with van der Waals surface area (Å²) in [7, 11) is 0. The number of carbonyl (C=O) groups is 3. The summed E-state index contributed by atoms with van der Waals surface area (Å²) in [4.78, 5) is 44.5. The van der Waals surface area contributed by atoms with E-state index < -0.39 is 17.7 Å². The first-order chi connectivity index (χ1) is 17.2. The lowest BCUT2D eigenvalue weighted by Gasteiger charge is -2.28. The third kappa shape index (κ3) is 5.26. The van der Waals surface area contributed by atoms with Crippen molar-refractivity contribution in [2.45, 2.75) is 57.7 Å². The van der Waals surface area contributed by atoms with Crippen molar-refractivity contribution in [3.05, 3.63) is 65.0 Å². The number of benzene rings is 2. The van der Waals surface area contributed by atoms with Crippen molar-refractivity contribution in [3.8, 4) is 11.3 Å². The van der Waals surface area contributed by atoms with Gasteiger partial charge < -0.3 is 15.4 Å². The second kappa shape index (κ2) is 9.39. The summed E-state index contributed by atoms with van der Waals surface area (Å²) in [5.41, 5.74) is 3.05. The molecule has 2 N–H and O–H groups in total. The van der Waals surface area contributed by atoms with Crippen LogP contribution < -0.4 is 15.5 Å². The zero-order chi connectivity index (χ0) is 25.4. The Labute approximate surface area is 213 Å². The molecule has 1 unspecified atom stereocenters. The van der Waals surface area contributed by atoms with Crippen LogP contribution in [0.25, 0.3) is 11.3 Å². The molecule has 2 aliphatic rings. The van der Waals surface area contributed by atoms with Crippen LogP contribution in [0.1, 0.15) is 49.5 Å². The first-order valence-electron chi connectivity index (χ1n) is 12.0. The Morgan fingerprint density at radius 3 is 2.47 bits per heavy atom. The minimum atomic E-state index is -0.742. The number of nitrogens with one attached hydrogen (secondary N) is 2. The van der Waals surface area contributed by atoms with Crippen LogP contribution in [0.3, 0.4) is 0 Å². The lowest BCUT2D eigenvalue weighted by molar-refractivity contribution is -0.117. The summed E-state index contributed by atoms with van der Waals surface area (Å²) in [6.07, 6.45) is 1.92. The predicted octanol–water partition coefficient (Wildman–Crippen LogP) is 5.01. The van der Waals surface area contributed by atoms with Gasteiger partial charge in [-0.25, -0.2) is 9.78 Å². The molecule has 0 spiro atoms. The monoisotopic (exact) mass is 504 g/mol. The number of anilines is 2. The molecule has 1 saturated carbocycles. The molecular formula is C27H28N4O4S. The third-order valence-electron chi connectivity index (χ3n) is 5.96. The van der Waals surface area contributed by atoms with Crippen LogP contribution in [0.15, 0.2) is 53.9 Å². The van der Waals surface area contributed by atoms with Gasteiger partial charge in [0.2, 0.25) is 5.91 Å². The summed E-state index contributed by atoms with van der Waals surface area (Å²) in [6.45, 7) is 5.39. The Bertz CT molecular complexity index is 1310. The zero-order valence-electron chi connectivity index (χ0n) is 20.4. The van der Waals surface area contributed by atoms with E-state index in [0.717, 1.165) is 24.0 Å². The van der Waals surface area contributed by atoms with Crippen molar-refractivity contribution in [2.75, 3.05) is 10.2 Å². The average Bonchev–Trinajstić information content (AvgIpc) is 3.37. The molecule has 2 heterocycles. The van der Waals surface area contributed by atoms with Gasteiger partial charge in [-0.05, 0) is 57.4 Å². The van der Waals surface area contributed by atoms with Crippen LogP contribution in [0.4, 0.5) is 15.6 Å². The first-order valence-corrected chi connectivity index (χ1v) is 12.8. The molecule has 0 radical (unpaired) electrons. The van der Waals surface area contributed by atoms with E-state index >= 15 is 0 Å². The topological polar surface area (TPSA) is 101 Å². The highest BCUT2D eigenvalue weighted by molar-refractivity contribution is 7.14. The maximum atomic E-state index is 13.3. The maximum absolute atomic E-state index is 13.3. The van der Waals surface area contributed by atoms with E-state index in [0.29, 0.717) is 34.5 Å². The number of hydrogen-bond donors (Lipinski definition) is 2. The van der Waals surface area contributed by atoms with Crippen molar-refractivity contribution in [1.29, 1.82) is 0 Å². The van der Waals surface area contributed by atoms with Crippen molar-refractivity contribution >= 4 is 40.1 Å². The molecule has 3 amide bonds. The summed E-state index contributed by atoms with van der Waals surface area (Å²) in [5, 5.41) is 8.13. The standard InChI is InChI=1S/C27H28N4O4S/c1-27(2,3)35-26(34)31-21-7-5-4-6-18(21)14-22(31)24(33)30-25-29-20(15-36-25)16-8-10-17(11-9-16)23(32)28-19-12-13-19/h4-11,15,19,22H,12-14H2,1-3H3,(H,28,32)(H,29,30,33). The molecule has 2 aromatic carbocycles. The fourth-order valence-corrected chi connectivity index (χ4v) is 4.80. The van der Waals surface area contributed by atoms with Crippen LogP contribution in [0, 0.1) is 0 Å². The first kappa shape index (κ1) is 24.0. The summed E-state index contributed by atoms with van der Waals surface area (Å²) < 4.78 is 5.59. The molecule has 1 aliphatic carbocycles. The molecule has 1 aliphatic heterocycles. The van der Waals surface area contributed by atoms with E-state index in [2.05, 4.69) is 15.6 Å². The maximum Gasteiger partial charge on any atom is 0.415 e. The Hall–Kier alpha value is -3.72. The molecule has 1 atom stereocenters. The molecule has 1 aromatic heterocycles. The molecule has 186 valence electrons. The molecule has 0 saturated heterocycles. The number of nitrogens with zero attached hydrogens (tertiary/aromatic N) is 2. The van der Waals surface area contributed by atoms with E-state index in [1.807, 2.05) is 41.8 Å². The Morgan fingerprint density at radius 2 is 1.78 bits per heavy atom. The number of rotatable bonds is 5. The molecular weight excluding hydrogens is 476 g/mol. The van der Waals surface area contributed by atoms with Crippen LogP contribution >= 0.6 is 11.3 Å². The number of hydrogen-bond acceptors (Lipinski definition) is 6. The highest BCUT2D eigenvalue weighted by atomic mass is 32.1. The van der Waals surface area contributed by atoms with Crippen molar-refractivity contribution in [1.82, 2.24) is 10.3 Å². The van der Waals surface area contributed by atoms with Gasteiger partial charge in [-0.1, -0.05) is 30.3 Å². The van der Waals surface area contributed by atoms with Crippen LogP contribution in [0.2, 0.25) is 0 Å². The third-order valence-corrected chi connectivity index (χ3v) is 6.72. The van der Waals surface area contributed by atoms with Crippen LogP contribution in [-0.4, -0.2) is 40.6 Å². The summed E-state index contributed by atoms with van der Waals surface area (Å²) >= 11 is 1.31. The number of ether oxygens (including phenoxy) is 1. The Morgan fingerprint density at radius 1 is 1.06 bits per heavy atom. The van der Waals surface area contributed by atoms with Gasteiger partial charge in [0.1, 0.15) is 11.6 Å². The lowest BCUT2D eigenvalue weighted by atomic mass is 10.1. The molecule has 9 heteroatoms. The van der Waals surface area contributed by atoms with E-state index in [-0.39, 0.29) is 11.8 Å². The normalized spacial score (nSPS) is 16.9. The molecule has 0 bridgehead atoms. The summed E-state index contributed by atoms with van der Waals surface area (Å²) in [6, 6.07) is 14.3. The molecule has 1 fully saturated rings. The number of para-hydroxylation sites is 1. The fourth-order valence-electron chi connectivity index (χ4n) is 4.07. The fraction of sp³-hybridized carbons (Fsp3) is 0.333. The Balaban J connectivity index is 1.29. The highest BCUT2D eigenvalue weighted by Gasteiger charge is 2.40. The van der Waals surface area contributed by atoms with E-state index in [4.69, 9.17) is 4.74 Å². The van der Waals surface area contributed by atoms with Gasteiger partial charge in [0, 0.05) is 29.0 Å². The SMILES string of the molecule is CC(C)(C)OC(=O)N1c2ccccc2CC1C(=O)Nc1nc(-c2ccc(C(=O)NC3CC3)cc2)cs1. The predicted molar refractivity (Wildman–Crippen MR) is 139 cm³/mol. The molecule has 3 aromatic rings. The minimum absolute atomic E-state index is 0.0672. The van der Waals surface area contributed by atoms with Gasteiger partial charge in [-0.15, -0.1) is 11.3 Å². The number of aromatic nitrogens is 1. The quantitative estimate of drug-likeness (QED) is 0.509. The average molecular weight is 505 g/mol. The van der Waals surface area contributed by atoms with Crippen molar-refractivity contribution < 1.29 is 19.1 Å².